The van der Waals surface area contributed by atoms with E-state index >= 15 is 0 Å². The summed E-state index contributed by atoms with van der Waals surface area (Å²) in [6.45, 7) is 4.74. The maximum atomic E-state index is 8.90. The molecule has 0 aliphatic rings. The second-order valence-corrected chi connectivity index (χ2v) is 4.59. The van der Waals surface area contributed by atoms with E-state index in [4.69, 9.17) is 11.0 Å². The second kappa shape index (κ2) is 3.66. The fourth-order valence-corrected chi connectivity index (χ4v) is 1.82. The van der Waals surface area contributed by atoms with Crippen LogP contribution in [0.15, 0.2) is 30.5 Å². The largest absolute Gasteiger partial charge is 0.341 e. The minimum atomic E-state index is -0.129. The van der Waals surface area contributed by atoms with Crippen molar-refractivity contribution in [3.8, 4) is 6.07 Å². The first-order valence-corrected chi connectivity index (χ1v) is 5.30. The molecule has 0 fully saturated rings. The number of nitrogens with zero attached hydrogens (tertiary/aromatic N) is 2. The Bertz CT molecular complexity index is 558. The van der Waals surface area contributed by atoms with Gasteiger partial charge in [-0.2, -0.15) is 5.26 Å². The van der Waals surface area contributed by atoms with Gasteiger partial charge in [0, 0.05) is 18.3 Å². The molecule has 0 spiro atoms. The molecule has 2 aromatic rings. The third-order valence-electron chi connectivity index (χ3n) is 2.97. The van der Waals surface area contributed by atoms with Gasteiger partial charge in [-0.05, 0) is 37.4 Å². The minimum absolute atomic E-state index is 0.129. The molecular weight excluding hydrogens is 198 g/mol. The van der Waals surface area contributed by atoms with Crippen molar-refractivity contribution in [3.05, 3.63) is 36.0 Å². The predicted molar refractivity (Wildman–Crippen MR) is 65.0 cm³/mol. The Morgan fingerprint density at radius 2 is 2.12 bits per heavy atom. The van der Waals surface area contributed by atoms with Crippen LogP contribution in [0.2, 0.25) is 0 Å². The predicted octanol–water partition coefficient (Wildman–Crippen LogP) is 2.21. The molecule has 82 valence electrons. The van der Waals surface area contributed by atoms with Crippen LogP contribution in [-0.4, -0.2) is 11.1 Å². The Morgan fingerprint density at radius 1 is 1.38 bits per heavy atom. The van der Waals surface area contributed by atoms with E-state index in [9.17, 15) is 0 Å². The highest BCUT2D eigenvalue weighted by atomic mass is 15.1. The fraction of sp³-hybridized carbons (Fsp3) is 0.308. The summed E-state index contributed by atoms with van der Waals surface area (Å²) in [5, 5.41) is 10.0. The van der Waals surface area contributed by atoms with Crippen molar-refractivity contribution < 1.29 is 0 Å². The van der Waals surface area contributed by atoms with Crippen molar-refractivity contribution in [2.24, 2.45) is 5.73 Å². The van der Waals surface area contributed by atoms with Gasteiger partial charge in [0.1, 0.15) is 0 Å². The van der Waals surface area contributed by atoms with E-state index in [0.29, 0.717) is 12.1 Å². The van der Waals surface area contributed by atoms with Crippen LogP contribution in [0.3, 0.4) is 0 Å². The minimum Gasteiger partial charge on any atom is -0.341 e. The zero-order chi connectivity index (χ0) is 11.8. The summed E-state index contributed by atoms with van der Waals surface area (Å²) in [5.41, 5.74) is 7.39. The average Bonchev–Trinajstić information content (AvgIpc) is 2.72. The van der Waals surface area contributed by atoms with Crippen LogP contribution in [0.25, 0.3) is 10.9 Å². The standard InChI is InChI=1S/C13H15N3/c1-13(2,9-15)16-6-5-11-4-3-10(8-14)7-12(11)16/h3-7H,9,15H2,1-2H3. The molecule has 0 radical (unpaired) electrons. The number of hydrogen-bond acceptors (Lipinski definition) is 2. The Hall–Kier alpha value is -1.79. The molecule has 2 N–H and O–H groups in total. The number of benzene rings is 1. The van der Waals surface area contributed by atoms with Gasteiger partial charge in [-0.1, -0.05) is 6.07 Å². The molecule has 0 unspecified atom stereocenters. The summed E-state index contributed by atoms with van der Waals surface area (Å²) < 4.78 is 2.13. The van der Waals surface area contributed by atoms with Crippen molar-refractivity contribution >= 4 is 10.9 Å². The lowest BCUT2D eigenvalue weighted by Crippen LogP contribution is -2.34. The molecule has 3 heteroatoms. The first-order chi connectivity index (χ1) is 7.58. The van der Waals surface area contributed by atoms with Crippen LogP contribution < -0.4 is 5.73 Å². The number of hydrogen-bond donors (Lipinski definition) is 1. The molecule has 0 aliphatic heterocycles. The van der Waals surface area contributed by atoms with Crippen LogP contribution in [0, 0.1) is 11.3 Å². The number of fused-ring (bicyclic) bond motifs is 1. The third kappa shape index (κ3) is 1.58. The van der Waals surface area contributed by atoms with E-state index in [2.05, 4.69) is 24.5 Å². The van der Waals surface area contributed by atoms with Gasteiger partial charge in [0.2, 0.25) is 0 Å². The zero-order valence-corrected chi connectivity index (χ0v) is 9.57. The van der Waals surface area contributed by atoms with Gasteiger partial charge in [0.15, 0.2) is 0 Å². The van der Waals surface area contributed by atoms with Gasteiger partial charge in [0.05, 0.1) is 17.2 Å². The Labute approximate surface area is 95.1 Å². The van der Waals surface area contributed by atoms with Gasteiger partial charge >= 0.3 is 0 Å². The van der Waals surface area contributed by atoms with Gasteiger partial charge in [-0.15, -0.1) is 0 Å². The molecule has 0 saturated heterocycles. The monoisotopic (exact) mass is 213 g/mol. The first-order valence-electron chi connectivity index (χ1n) is 5.30. The van der Waals surface area contributed by atoms with Gasteiger partial charge < -0.3 is 10.3 Å². The Morgan fingerprint density at radius 3 is 2.75 bits per heavy atom. The molecule has 0 bridgehead atoms. The molecule has 1 aromatic heterocycles. The highest BCUT2D eigenvalue weighted by Crippen LogP contribution is 2.24. The summed E-state index contributed by atoms with van der Waals surface area (Å²) in [5.74, 6) is 0. The summed E-state index contributed by atoms with van der Waals surface area (Å²) >= 11 is 0. The van der Waals surface area contributed by atoms with Gasteiger partial charge in [-0.3, -0.25) is 0 Å². The highest BCUT2D eigenvalue weighted by Gasteiger charge is 2.19. The zero-order valence-electron chi connectivity index (χ0n) is 9.57. The number of nitrogens with two attached hydrogens (primary N) is 1. The van der Waals surface area contributed by atoms with Crippen molar-refractivity contribution in [3.63, 3.8) is 0 Å². The van der Waals surface area contributed by atoms with Crippen molar-refractivity contribution in [2.75, 3.05) is 6.54 Å². The molecular formula is C13H15N3. The molecule has 1 aromatic carbocycles. The van der Waals surface area contributed by atoms with Crippen LogP contribution in [0.1, 0.15) is 19.4 Å². The Kier molecular flexibility index (Phi) is 2.45. The third-order valence-corrected chi connectivity index (χ3v) is 2.97. The van der Waals surface area contributed by atoms with Crippen LogP contribution in [0.5, 0.6) is 0 Å². The van der Waals surface area contributed by atoms with E-state index in [1.807, 2.05) is 30.5 Å². The molecule has 0 saturated carbocycles. The lowest BCUT2D eigenvalue weighted by molar-refractivity contribution is 0.379. The van der Waals surface area contributed by atoms with Crippen LogP contribution in [0.4, 0.5) is 0 Å². The van der Waals surface area contributed by atoms with E-state index in [1.54, 1.807) is 0 Å². The van der Waals surface area contributed by atoms with Crippen LogP contribution >= 0.6 is 0 Å². The van der Waals surface area contributed by atoms with Crippen molar-refractivity contribution in [2.45, 2.75) is 19.4 Å². The maximum Gasteiger partial charge on any atom is 0.0992 e. The maximum absolute atomic E-state index is 8.90. The number of rotatable bonds is 2. The lowest BCUT2D eigenvalue weighted by atomic mass is 10.1. The number of nitriles is 1. The fourth-order valence-electron chi connectivity index (χ4n) is 1.82. The number of aromatic nitrogens is 1. The summed E-state index contributed by atoms with van der Waals surface area (Å²) in [7, 11) is 0. The normalized spacial score (nSPS) is 11.6. The molecule has 1 heterocycles. The first kappa shape index (κ1) is 10.7. The molecule has 2 rings (SSSR count). The summed E-state index contributed by atoms with van der Waals surface area (Å²) in [6, 6.07) is 9.92. The van der Waals surface area contributed by atoms with Gasteiger partial charge in [0.25, 0.3) is 0 Å². The average molecular weight is 213 g/mol. The van der Waals surface area contributed by atoms with Crippen LogP contribution in [-0.2, 0) is 5.54 Å². The summed E-state index contributed by atoms with van der Waals surface area (Å²) in [4.78, 5) is 0. The lowest BCUT2D eigenvalue weighted by Gasteiger charge is -2.26. The molecule has 16 heavy (non-hydrogen) atoms. The topological polar surface area (TPSA) is 54.7 Å². The van der Waals surface area contributed by atoms with E-state index < -0.39 is 0 Å². The quantitative estimate of drug-likeness (QED) is 0.831. The molecule has 3 nitrogen and oxygen atoms in total. The van der Waals surface area contributed by atoms with E-state index in [0.717, 1.165) is 10.9 Å². The molecule has 0 atom stereocenters. The Balaban J connectivity index is 2.68. The summed E-state index contributed by atoms with van der Waals surface area (Å²) in [6.07, 6.45) is 2.03. The second-order valence-electron chi connectivity index (χ2n) is 4.59. The van der Waals surface area contributed by atoms with E-state index in [1.165, 1.54) is 0 Å². The molecule has 0 amide bonds. The SMILES string of the molecule is CC(C)(CN)n1ccc2ccc(C#N)cc21. The van der Waals surface area contributed by atoms with Crippen molar-refractivity contribution in [1.29, 1.82) is 5.26 Å². The highest BCUT2D eigenvalue weighted by molar-refractivity contribution is 5.81. The smallest absolute Gasteiger partial charge is 0.0992 e. The van der Waals surface area contributed by atoms with E-state index in [-0.39, 0.29) is 5.54 Å². The van der Waals surface area contributed by atoms with Crippen molar-refractivity contribution in [1.82, 2.24) is 4.57 Å². The van der Waals surface area contributed by atoms with Gasteiger partial charge in [-0.25, -0.2) is 0 Å². The molecule has 0 aliphatic carbocycles.